The van der Waals surface area contributed by atoms with Gasteiger partial charge in [-0.2, -0.15) is 0 Å². The van der Waals surface area contributed by atoms with Crippen molar-refractivity contribution in [2.45, 2.75) is 77.7 Å². The number of nitrogens with two attached hydrogens (primary N) is 1. The Balaban J connectivity index is 2.22. The number of hydrogen-bond donors (Lipinski definition) is 2. The molecule has 0 radical (unpaired) electrons. The van der Waals surface area contributed by atoms with Crippen molar-refractivity contribution in [3.8, 4) is 0 Å². The van der Waals surface area contributed by atoms with Crippen LogP contribution < -0.4 is 11.1 Å². The van der Waals surface area contributed by atoms with Crippen LogP contribution in [0, 0.1) is 11.8 Å². The molecule has 0 spiro atoms. The van der Waals surface area contributed by atoms with Gasteiger partial charge in [0.2, 0.25) is 5.91 Å². The molecule has 19 heavy (non-hydrogen) atoms. The lowest BCUT2D eigenvalue weighted by Crippen LogP contribution is -2.43. The summed E-state index contributed by atoms with van der Waals surface area (Å²) in [6.07, 6.45) is 10.1. The smallest absolute Gasteiger partial charge is 0.220 e. The zero-order valence-electron chi connectivity index (χ0n) is 12.8. The maximum absolute atomic E-state index is 12.0. The zero-order valence-corrected chi connectivity index (χ0v) is 12.8. The van der Waals surface area contributed by atoms with Gasteiger partial charge in [0.05, 0.1) is 0 Å². The summed E-state index contributed by atoms with van der Waals surface area (Å²) in [5.74, 6) is 1.61. The van der Waals surface area contributed by atoms with Crippen molar-refractivity contribution in [2.24, 2.45) is 17.6 Å². The lowest BCUT2D eigenvalue weighted by atomic mass is 9.78. The first-order valence-electron chi connectivity index (χ1n) is 8.14. The van der Waals surface area contributed by atoms with Gasteiger partial charge in [-0.25, -0.2) is 0 Å². The highest BCUT2D eigenvalue weighted by atomic mass is 16.1. The van der Waals surface area contributed by atoms with E-state index < -0.39 is 0 Å². The van der Waals surface area contributed by atoms with Crippen LogP contribution in [0.3, 0.4) is 0 Å². The van der Waals surface area contributed by atoms with Crippen LogP contribution in [0.15, 0.2) is 0 Å². The molecular formula is C16H32N2O. The van der Waals surface area contributed by atoms with Crippen LogP contribution in [0.5, 0.6) is 0 Å². The molecule has 0 aliphatic heterocycles. The highest BCUT2D eigenvalue weighted by molar-refractivity contribution is 5.76. The lowest BCUT2D eigenvalue weighted by molar-refractivity contribution is -0.122. The van der Waals surface area contributed by atoms with E-state index in [9.17, 15) is 4.79 Å². The lowest BCUT2D eigenvalue weighted by Gasteiger charge is -2.35. The summed E-state index contributed by atoms with van der Waals surface area (Å²) >= 11 is 0. The minimum Gasteiger partial charge on any atom is -0.353 e. The average Bonchev–Trinajstić information content (AvgIpc) is 2.39. The normalized spacial score (nSPS) is 23.6. The predicted molar refractivity (Wildman–Crippen MR) is 80.9 cm³/mol. The van der Waals surface area contributed by atoms with Crippen molar-refractivity contribution in [3.63, 3.8) is 0 Å². The molecule has 0 heterocycles. The topological polar surface area (TPSA) is 55.1 Å². The molecule has 1 rings (SSSR count). The summed E-state index contributed by atoms with van der Waals surface area (Å²) < 4.78 is 0. The third-order valence-electron chi connectivity index (χ3n) is 4.38. The second-order valence-electron chi connectivity index (χ2n) is 6.32. The van der Waals surface area contributed by atoms with E-state index in [0.717, 1.165) is 32.2 Å². The monoisotopic (exact) mass is 268 g/mol. The molecule has 0 saturated heterocycles. The minimum atomic E-state index is 0.255. The molecule has 1 saturated carbocycles. The quantitative estimate of drug-likeness (QED) is 0.664. The van der Waals surface area contributed by atoms with Gasteiger partial charge in [-0.3, -0.25) is 4.79 Å². The average molecular weight is 268 g/mol. The van der Waals surface area contributed by atoms with E-state index in [2.05, 4.69) is 19.2 Å². The van der Waals surface area contributed by atoms with E-state index in [1.54, 1.807) is 0 Å². The molecule has 1 aliphatic carbocycles. The van der Waals surface area contributed by atoms with E-state index in [1.807, 2.05) is 0 Å². The predicted octanol–water partition coefficient (Wildman–Crippen LogP) is 3.23. The number of carbonyl (C=O) groups excluding carboxylic acids is 1. The Kier molecular flexibility index (Phi) is 8.11. The fourth-order valence-electron chi connectivity index (χ4n) is 3.20. The van der Waals surface area contributed by atoms with Gasteiger partial charge in [0, 0.05) is 12.5 Å². The van der Waals surface area contributed by atoms with E-state index in [-0.39, 0.29) is 5.91 Å². The first-order valence-corrected chi connectivity index (χ1v) is 8.14. The number of nitrogens with one attached hydrogen (secondary N) is 1. The molecule has 3 heteroatoms. The molecule has 0 bridgehead atoms. The molecular weight excluding hydrogens is 236 g/mol. The highest BCUT2D eigenvalue weighted by Crippen LogP contribution is 2.30. The maximum atomic E-state index is 12.0. The third kappa shape index (κ3) is 6.42. The summed E-state index contributed by atoms with van der Waals surface area (Å²) in [7, 11) is 0. The first kappa shape index (κ1) is 16.5. The number of hydrogen-bond acceptors (Lipinski definition) is 2. The Morgan fingerprint density at radius 1 is 1.16 bits per heavy atom. The molecule has 0 aromatic heterocycles. The van der Waals surface area contributed by atoms with Crippen molar-refractivity contribution in [3.05, 3.63) is 0 Å². The van der Waals surface area contributed by atoms with Crippen LogP contribution in [0.4, 0.5) is 0 Å². The van der Waals surface area contributed by atoms with Gasteiger partial charge in [0.1, 0.15) is 0 Å². The van der Waals surface area contributed by atoms with Crippen molar-refractivity contribution in [1.82, 2.24) is 5.32 Å². The van der Waals surface area contributed by atoms with Crippen LogP contribution in [0.25, 0.3) is 0 Å². The third-order valence-corrected chi connectivity index (χ3v) is 4.38. The summed E-state index contributed by atoms with van der Waals surface area (Å²) in [6, 6.07) is 0.422. The van der Waals surface area contributed by atoms with Crippen LogP contribution in [0.1, 0.15) is 71.6 Å². The van der Waals surface area contributed by atoms with Gasteiger partial charge >= 0.3 is 0 Å². The molecule has 112 valence electrons. The van der Waals surface area contributed by atoms with Crippen molar-refractivity contribution in [1.29, 1.82) is 0 Å². The molecule has 1 aliphatic rings. The Bertz CT molecular complexity index is 253. The van der Waals surface area contributed by atoms with E-state index in [1.165, 1.54) is 25.7 Å². The summed E-state index contributed by atoms with van der Waals surface area (Å²) in [4.78, 5) is 12.0. The minimum absolute atomic E-state index is 0.255. The Labute approximate surface area is 118 Å². The Morgan fingerprint density at radius 2 is 1.84 bits per heavy atom. The summed E-state index contributed by atoms with van der Waals surface area (Å²) in [5.41, 5.74) is 5.46. The fourth-order valence-corrected chi connectivity index (χ4v) is 3.20. The number of unbranched alkanes of at least 4 members (excludes halogenated alkanes) is 3. The fraction of sp³-hybridized carbons (Fsp3) is 0.938. The SMILES string of the molecule is CC(C)C1CCCCC1NC(=O)CCCCCCN. The summed E-state index contributed by atoms with van der Waals surface area (Å²) in [5, 5.41) is 3.28. The first-order chi connectivity index (χ1) is 9.15. The number of rotatable bonds is 8. The van der Waals surface area contributed by atoms with Crippen LogP contribution in [0.2, 0.25) is 0 Å². The molecule has 1 fully saturated rings. The highest BCUT2D eigenvalue weighted by Gasteiger charge is 2.28. The summed E-state index contributed by atoms with van der Waals surface area (Å²) in [6.45, 7) is 5.33. The maximum Gasteiger partial charge on any atom is 0.220 e. The van der Waals surface area contributed by atoms with Gasteiger partial charge in [0.25, 0.3) is 0 Å². The van der Waals surface area contributed by atoms with Gasteiger partial charge in [0.15, 0.2) is 0 Å². The molecule has 3 nitrogen and oxygen atoms in total. The van der Waals surface area contributed by atoms with Crippen LogP contribution >= 0.6 is 0 Å². The van der Waals surface area contributed by atoms with Gasteiger partial charge in [-0.15, -0.1) is 0 Å². The van der Waals surface area contributed by atoms with E-state index in [4.69, 9.17) is 5.73 Å². The molecule has 3 N–H and O–H groups in total. The zero-order chi connectivity index (χ0) is 14.1. The van der Waals surface area contributed by atoms with Gasteiger partial charge in [-0.05, 0) is 44.1 Å². The van der Waals surface area contributed by atoms with Crippen molar-refractivity contribution >= 4 is 5.91 Å². The van der Waals surface area contributed by atoms with E-state index in [0.29, 0.717) is 24.3 Å². The second-order valence-corrected chi connectivity index (χ2v) is 6.32. The van der Waals surface area contributed by atoms with Crippen LogP contribution in [-0.4, -0.2) is 18.5 Å². The molecule has 2 unspecified atom stereocenters. The molecule has 0 aromatic rings. The van der Waals surface area contributed by atoms with Crippen LogP contribution in [-0.2, 0) is 4.79 Å². The van der Waals surface area contributed by atoms with Crippen molar-refractivity contribution < 1.29 is 4.79 Å². The standard InChI is InChI=1S/C16H32N2O/c1-13(2)14-9-6-7-10-15(14)18-16(19)11-5-3-4-8-12-17/h13-15H,3-12,17H2,1-2H3,(H,18,19). The van der Waals surface area contributed by atoms with E-state index >= 15 is 0 Å². The second kappa shape index (κ2) is 9.35. The largest absolute Gasteiger partial charge is 0.353 e. The van der Waals surface area contributed by atoms with Gasteiger partial charge in [-0.1, -0.05) is 39.5 Å². The Morgan fingerprint density at radius 3 is 2.53 bits per heavy atom. The number of amides is 1. The molecule has 2 atom stereocenters. The Hall–Kier alpha value is -0.570. The molecule has 1 amide bonds. The van der Waals surface area contributed by atoms with Crippen molar-refractivity contribution in [2.75, 3.05) is 6.54 Å². The van der Waals surface area contributed by atoms with Gasteiger partial charge < -0.3 is 11.1 Å². The molecule has 0 aromatic carbocycles. The number of carbonyl (C=O) groups is 1.